The van der Waals surface area contributed by atoms with Crippen LogP contribution in [0.4, 0.5) is 0 Å². The summed E-state index contributed by atoms with van der Waals surface area (Å²) in [5.41, 5.74) is 0. The molecule has 0 fully saturated rings. The average molecular weight is 215 g/mol. The van der Waals surface area contributed by atoms with Gasteiger partial charge in [0.15, 0.2) is 0 Å². The van der Waals surface area contributed by atoms with Gasteiger partial charge >= 0.3 is 10.4 Å². The topological polar surface area (TPSA) is 87.9 Å². The largest absolute Gasteiger partial charge is 0.399 e. The Morgan fingerprint density at radius 3 is 1.46 bits per heavy atom. The SMILES string of the molecule is CCON.CCOS(=O)(=O)OCC. The minimum absolute atomic E-state index is 0.113. The van der Waals surface area contributed by atoms with Gasteiger partial charge in [0.1, 0.15) is 0 Å². The third-order valence-corrected chi connectivity index (χ3v) is 1.74. The third-order valence-electron chi connectivity index (χ3n) is 0.691. The molecule has 0 aliphatic rings. The van der Waals surface area contributed by atoms with Gasteiger partial charge in [-0.25, -0.2) is 14.3 Å². The smallest absolute Gasteiger partial charge is 0.305 e. The van der Waals surface area contributed by atoms with Gasteiger partial charge in [0.25, 0.3) is 0 Å². The number of nitrogens with two attached hydrogens (primary N) is 1. The Kier molecular flexibility index (Phi) is 11.6. The first-order valence-electron chi connectivity index (χ1n) is 3.89. The molecule has 7 heteroatoms. The second-order valence-electron chi connectivity index (χ2n) is 1.68. The Hall–Kier alpha value is -0.210. The standard InChI is InChI=1S/C4H10O4S.C2H7NO/c1-3-7-9(5,6)8-4-2;1-2-4-3/h3-4H2,1-2H3;2-3H2,1H3. The van der Waals surface area contributed by atoms with Crippen LogP contribution in [0.25, 0.3) is 0 Å². The van der Waals surface area contributed by atoms with E-state index in [0.717, 1.165) is 0 Å². The van der Waals surface area contributed by atoms with Crippen LogP contribution in [0.2, 0.25) is 0 Å². The van der Waals surface area contributed by atoms with Crippen molar-refractivity contribution < 1.29 is 21.6 Å². The molecule has 0 amide bonds. The molecule has 0 aromatic heterocycles. The van der Waals surface area contributed by atoms with E-state index in [0.29, 0.717) is 6.61 Å². The molecule has 0 aromatic carbocycles. The molecule has 0 bridgehead atoms. The van der Waals surface area contributed by atoms with E-state index in [2.05, 4.69) is 19.1 Å². The summed E-state index contributed by atoms with van der Waals surface area (Å²) in [4.78, 5) is 4.04. The zero-order valence-corrected chi connectivity index (χ0v) is 8.96. The molecular formula is C6H17NO5S. The number of rotatable bonds is 5. The van der Waals surface area contributed by atoms with Gasteiger partial charge in [-0.1, -0.05) is 0 Å². The van der Waals surface area contributed by atoms with Gasteiger partial charge in [0.05, 0.1) is 19.8 Å². The summed E-state index contributed by atoms with van der Waals surface area (Å²) in [7, 11) is -3.68. The molecule has 0 spiro atoms. The highest BCUT2D eigenvalue weighted by Crippen LogP contribution is 1.93. The highest BCUT2D eigenvalue weighted by molar-refractivity contribution is 7.81. The van der Waals surface area contributed by atoms with E-state index in [9.17, 15) is 8.42 Å². The first kappa shape index (κ1) is 15.3. The van der Waals surface area contributed by atoms with Crippen molar-refractivity contribution >= 4 is 10.4 Å². The molecule has 0 saturated heterocycles. The molecule has 13 heavy (non-hydrogen) atoms. The van der Waals surface area contributed by atoms with Crippen molar-refractivity contribution in [2.24, 2.45) is 5.90 Å². The Balaban J connectivity index is 0. The second-order valence-corrected chi connectivity index (χ2v) is 2.96. The van der Waals surface area contributed by atoms with Crippen LogP contribution in [0, 0.1) is 0 Å². The molecular weight excluding hydrogens is 198 g/mol. The molecule has 82 valence electrons. The third kappa shape index (κ3) is 14.6. The van der Waals surface area contributed by atoms with E-state index >= 15 is 0 Å². The van der Waals surface area contributed by atoms with Crippen molar-refractivity contribution in [3.63, 3.8) is 0 Å². The molecule has 0 heterocycles. The van der Waals surface area contributed by atoms with Crippen LogP contribution in [-0.4, -0.2) is 28.2 Å². The molecule has 0 saturated carbocycles. The van der Waals surface area contributed by atoms with Crippen LogP contribution in [0.1, 0.15) is 20.8 Å². The first-order chi connectivity index (χ1) is 6.04. The molecule has 0 atom stereocenters. The van der Waals surface area contributed by atoms with Gasteiger partial charge < -0.3 is 4.84 Å². The van der Waals surface area contributed by atoms with Gasteiger partial charge in [-0.2, -0.15) is 8.42 Å². The molecule has 0 radical (unpaired) electrons. The summed E-state index contributed by atoms with van der Waals surface area (Å²) in [5.74, 6) is 4.53. The number of hydrogen-bond donors (Lipinski definition) is 1. The Morgan fingerprint density at radius 1 is 1.00 bits per heavy atom. The summed E-state index contributed by atoms with van der Waals surface area (Å²) < 4.78 is 29.2. The fraction of sp³-hybridized carbons (Fsp3) is 1.00. The van der Waals surface area contributed by atoms with Crippen LogP contribution < -0.4 is 5.90 Å². The van der Waals surface area contributed by atoms with E-state index in [-0.39, 0.29) is 13.2 Å². The fourth-order valence-corrected chi connectivity index (χ4v) is 0.968. The highest BCUT2D eigenvalue weighted by Gasteiger charge is 2.06. The second kappa shape index (κ2) is 9.87. The Morgan fingerprint density at radius 2 is 1.31 bits per heavy atom. The monoisotopic (exact) mass is 215 g/mol. The lowest BCUT2D eigenvalue weighted by Crippen LogP contribution is -2.09. The van der Waals surface area contributed by atoms with E-state index in [1.807, 2.05) is 6.92 Å². The maximum absolute atomic E-state index is 10.4. The minimum atomic E-state index is -3.68. The molecule has 0 aliphatic carbocycles. The lowest BCUT2D eigenvalue weighted by molar-refractivity contribution is 0.152. The van der Waals surface area contributed by atoms with Gasteiger partial charge in [-0.15, -0.1) is 0 Å². The van der Waals surface area contributed by atoms with Gasteiger partial charge in [-0.3, -0.25) is 0 Å². The summed E-state index contributed by atoms with van der Waals surface area (Å²) in [5, 5.41) is 0. The molecule has 0 aromatic rings. The van der Waals surface area contributed by atoms with E-state index in [4.69, 9.17) is 0 Å². The first-order valence-corrected chi connectivity index (χ1v) is 5.22. The molecule has 2 N–H and O–H groups in total. The van der Waals surface area contributed by atoms with Crippen LogP contribution in [0.5, 0.6) is 0 Å². The maximum Gasteiger partial charge on any atom is 0.399 e. The Bertz CT molecular complexity index is 165. The van der Waals surface area contributed by atoms with Crippen LogP contribution >= 0.6 is 0 Å². The van der Waals surface area contributed by atoms with Crippen LogP contribution in [0.3, 0.4) is 0 Å². The average Bonchev–Trinajstić information content (AvgIpc) is 2.04. The molecule has 0 aliphatic heterocycles. The summed E-state index contributed by atoms with van der Waals surface area (Å²) in [6.07, 6.45) is 0. The Labute approximate surface area is 79.2 Å². The molecule has 0 unspecified atom stereocenters. The van der Waals surface area contributed by atoms with Crippen molar-refractivity contribution in [3.05, 3.63) is 0 Å². The quantitative estimate of drug-likeness (QED) is 0.659. The van der Waals surface area contributed by atoms with Crippen molar-refractivity contribution in [1.82, 2.24) is 0 Å². The van der Waals surface area contributed by atoms with Crippen molar-refractivity contribution in [3.8, 4) is 0 Å². The van der Waals surface area contributed by atoms with Crippen LogP contribution in [-0.2, 0) is 23.6 Å². The lowest BCUT2D eigenvalue weighted by Gasteiger charge is -1.99. The molecule has 0 rings (SSSR count). The molecule has 6 nitrogen and oxygen atoms in total. The van der Waals surface area contributed by atoms with E-state index in [1.165, 1.54) is 0 Å². The van der Waals surface area contributed by atoms with Gasteiger partial charge in [-0.05, 0) is 20.8 Å². The normalized spacial score (nSPS) is 10.5. The lowest BCUT2D eigenvalue weighted by atomic mass is 10.9. The van der Waals surface area contributed by atoms with Crippen molar-refractivity contribution in [1.29, 1.82) is 0 Å². The van der Waals surface area contributed by atoms with Crippen LogP contribution in [0.15, 0.2) is 0 Å². The number of hydrogen-bond acceptors (Lipinski definition) is 6. The fourth-order valence-electron chi connectivity index (χ4n) is 0.323. The summed E-state index contributed by atoms with van der Waals surface area (Å²) >= 11 is 0. The van der Waals surface area contributed by atoms with E-state index < -0.39 is 10.4 Å². The zero-order valence-electron chi connectivity index (χ0n) is 8.15. The highest BCUT2D eigenvalue weighted by atomic mass is 32.3. The maximum atomic E-state index is 10.4. The van der Waals surface area contributed by atoms with Crippen molar-refractivity contribution in [2.45, 2.75) is 20.8 Å². The van der Waals surface area contributed by atoms with E-state index in [1.54, 1.807) is 13.8 Å². The predicted molar refractivity (Wildman–Crippen MR) is 48.0 cm³/mol. The predicted octanol–water partition coefficient (Wildman–Crippen LogP) is 0.201. The summed E-state index contributed by atoms with van der Waals surface area (Å²) in [6.45, 7) is 5.82. The van der Waals surface area contributed by atoms with Gasteiger partial charge in [0.2, 0.25) is 0 Å². The minimum Gasteiger partial charge on any atom is -0.305 e. The zero-order chi connectivity index (χ0) is 10.7. The van der Waals surface area contributed by atoms with Crippen molar-refractivity contribution in [2.75, 3.05) is 19.8 Å². The van der Waals surface area contributed by atoms with Gasteiger partial charge in [0, 0.05) is 0 Å². The summed E-state index contributed by atoms with van der Waals surface area (Å²) in [6, 6.07) is 0.